The number of benzene rings is 2. The molecular weight excluding hydrogens is 212 g/mol. The predicted octanol–water partition coefficient (Wildman–Crippen LogP) is 3.38. The molecule has 0 bridgehead atoms. The molecule has 2 nitrogen and oxygen atoms in total. The van der Waals surface area contributed by atoms with Crippen LogP contribution in [0, 0.1) is 0 Å². The molecule has 0 aliphatic rings. The minimum absolute atomic E-state index is 0.0938. The van der Waals surface area contributed by atoms with E-state index in [0.717, 1.165) is 5.56 Å². The first kappa shape index (κ1) is 11.4. The fraction of sp³-hybridized carbons (Fsp3) is 0.133. The van der Waals surface area contributed by atoms with Crippen LogP contribution in [0.5, 0.6) is 5.75 Å². The number of Topliss-reactive ketones (excluding diaryl/α,β-unsaturated/α-hetero) is 1. The summed E-state index contributed by atoms with van der Waals surface area (Å²) in [6.07, 6.45) is 0. The van der Waals surface area contributed by atoms with Gasteiger partial charge in [-0.25, -0.2) is 0 Å². The Bertz CT molecular complexity index is 500. The maximum Gasteiger partial charge on any atom is 0.170 e. The van der Waals surface area contributed by atoms with Crippen molar-refractivity contribution in [2.45, 2.75) is 12.8 Å². The van der Waals surface area contributed by atoms with Gasteiger partial charge in [0.2, 0.25) is 0 Å². The number of hydrogen-bond donors (Lipinski definition) is 1. The van der Waals surface area contributed by atoms with Gasteiger partial charge in [0, 0.05) is 11.5 Å². The summed E-state index contributed by atoms with van der Waals surface area (Å²) in [5.74, 6) is 0.113. The Kier molecular flexibility index (Phi) is 3.24. The second kappa shape index (κ2) is 4.83. The Morgan fingerprint density at radius 2 is 1.59 bits per heavy atom. The molecule has 2 heteroatoms. The van der Waals surface area contributed by atoms with Crippen LogP contribution < -0.4 is 0 Å². The van der Waals surface area contributed by atoms with Gasteiger partial charge in [-0.15, -0.1) is 0 Å². The third-order valence-electron chi connectivity index (χ3n) is 2.84. The van der Waals surface area contributed by atoms with Crippen molar-refractivity contribution in [2.24, 2.45) is 0 Å². The number of phenolic OH excluding ortho intramolecular Hbond substituents is 1. The Morgan fingerprint density at radius 1 is 1.00 bits per heavy atom. The summed E-state index contributed by atoms with van der Waals surface area (Å²) >= 11 is 0. The number of phenols is 1. The van der Waals surface area contributed by atoms with Crippen molar-refractivity contribution < 1.29 is 9.90 Å². The Balaban J connectivity index is 2.23. The normalized spacial score (nSPS) is 12.1. The van der Waals surface area contributed by atoms with E-state index in [1.807, 2.05) is 37.3 Å². The van der Waals surface area contributed by atoms with Gasteiger partial charge in [-0.1, -0.05) is 49.4 Å². The van der Waals surface area contributed by atoms with Crippen molar-refractivity contribution in [3.05, 3.63) is 65.7 Å². The molecule has 0 aliphatic heterocycles. The highest BCUT2D eigenvalue weighted by Gasteiger charge is 2.16. The maximum atomic E-state index is 12.2. The first-order chi connectivity index (χ1) is 8.18. The lowest BCUT2D eigenvalue weighted by molar-refractivity contribution is 0.0966. The smallest absolute Gasteiger partial charge is 0.170 e. The Morgan fingerprint density at radius 3 is 2.18 bits per heavy atom. The highest BCUT2D eigenvalue weighted by molar-refractivity contribution is 6.00. The van der Waals surface area contributed by atoms with Crippen molar-refractivity contribution in [3.8, 4) is 5.75 Å². The van der Waals surface area contributed by atoms with E-state index in [1.54, 1.807) is 24.3 Å². The fourth-order valence-electron chi connectivity index (χ4n) is 1.77. The van der Waals surface area contributed by atoms with Crippen LogP contribution in [0.1, 0.15) is 28.8 Å². The van der Waals surface area contributed by atoms with Crippen molar-refractivity contribution in [2.75, 3.05) is 0 Å². The summed E-state index contributed by atoms with van der Waals surface area (Å²) in [5.41, 5.74) is 1.63. The van der Waals surface area contributed by atoms with Gasteiger partial charge in [0.25, 0.3) is 0 Å². The van der Waals surface area contributed by atoms with Crippen molar-refractivity contribution in [1.29, 1.82) is 0 Å². The van der Waals surface area contributed by atoms with E-state index in [1.165, 1.54) is 0 Å². The van der Waals surface area contributed by atoms with E-state index < -0.39 is 0 Å². The number of carbonyl (C=O) groups excluding carboxylic acids is 1. The van der Waals surface area contributed by atoms with E-state index in [9.17, 15) is 9.90 Å². The van der Waals surface area contributed by atoms with Crippen LogP contribution in [0.2, 0.25) is 0 Å². The molecule has 0 spiro atoms. The summed E-state index contributed by atoms with van der Waals surface area (Å²) in [5, 5.41) is 9.21. The number of ketones is 1. The van der Waals surface area contributed by atoms with E-state index in [4.69, 9.17) is 0 Å². The van der Waals surface area contributed by atoms with Crippen LogP contribution in [0.4, 0.5) is 0 Å². The average Bonchev–Trinajstić information content (AvgIpc) is 2.39. The van der Waals surface area contributed by atoms with Crippen LogP contribution in [-0.2, 0) is 0 Å². The molecule has 2 rings (SSSR count). The summed E-state index contributed by atoms with van der Waals surface area (Å²) < 4.78 is 0. The molecule has 0 radical (unpaired) electrons. The molecule has 2 aromatic carbocycles. The van der Waals surface area contributed by atoms with Crippen LogP contribution >= 0.6 is 0 Å². The number of carbonyl (C=O) groups is 1. The second-order valence-electron chi connectivity index (χ2n) is 4.04. The van der Waals surface area contributed by atoms with Gasteiger partial charge in [-0.3, -0.25) is 4.79 Å². The lowest BCUT2D eigenvalue weighted by atomic mass is 9.92. The zero-order valence-electron chi connectivity index (χ0n) is 9.63. The number of hydrogen-bond acceptors (Lipinski definition) is 2. The van der Waals surface area contributed by atoms with Gasteiger partial charge in [0.15, 0.2) is 5.78 Å². The van der Waals surface area contributed by atoms with Gasteiger partial charge in [0.05, 0.1) is 0 Å². The zero-order chi connectivity index (χ0) is 12.3. The third kappa shape index (κ3) is 2.53. The lowest BCUT2D eigenvalue weighted by Gasteiger charge is -2.10. The molecule has 0 heterocycles. The van der Waals surface area contributed by atoms with Gasteiger partial charge in [-0.2, -0.15) is 0 Å². The monoisotopic (exact) mass is 226 g/mol. The highest BCUT2D eigenvalue weighted by atomic mass is 16.3. The molecule has 1 atom stereocenters. The summed E-state index contributed by atoms with van der Waals surface area (Å²) in [6, 6.07) is 16.0. The molecule has 1 N–H and O–H groups in total. The van der Waals surface area contributed by atoms with Gasteiger partial charge < -0.3 is 5.11 Å². The minimum Gasteiger partial charge on any atom is -0.508 e. The molecule has 0 saturated carbocycles. The summed E-state index contributed by atoms with van der Waals surface area (Å²) in [7, 11) is 0. The zero-order valence-corrected chi connectivity index (χ0v) is 9.63. The van der Waals surface area contributed by atoms with Crippen LogP contribution in [0.25, 0.3) is 0 Å². The lowest BCUT2D eigenvalue weighted by Crippen LogP contribution is -2.09. The van der Waals surface area contributed by atoms with Crippen LogP contribution in [0.15, 0.2) is 54.6 Å². The van der Waals surface area contributed by atoms with Gasteiger partial charge in [-0.05, 0) is 17.7 Å². The molecule has 0 amide bonds. The molecule has 0 saturated heterocycles. The molecule has 0 fully saturated rings. The fourth-order valence-corrected chi connectivity index (χ4v) is 1.77. The Labute approximate surface area is 101 Å². The van der Waals surface area contributed by atoms with Crippen molar-refractivity contribution >= 4 is 5.78 Å². The standard InChI is InChI=1S/C15H14O2/c1-11(12-7-9-14(16)10-8-12)15(17)13-5-3-2-4-6-13/h2-11,16H,1H3/t11-/m1/s1. The van der Waals surface area contributed by atoms with Crippen LogP contribution in [-0.4, -0.2) is 10.9 Å². The van der Waals surface area contributed by atoms with Crippen molar-refractivity contribution in [3.63, 3.8) is 0 Å². The molecule has 2 aromatic rings. The van der Waals surface area contributed by atoms with E-state index >= 15 is 0 Å². The van der Waals surface area contributed by atoms with E-state index in [0.29, 0.717) is 5.56 Å². The first-order valence-corrected chi connectivity index (χ1v) is 5.56. The highest BCUT2D eigenvalue weighted by Crippen LogP contribution is 2.22. The van der Waals surface area contributed by atoms with Crippen molar-refractivity contribution in [1.82, 2.24) is 0 Å². The van der Waals surface area contributed by atoms with Crippen LogP contribution in [0.3, 0.4) is 0 Å². The molecule has 0 aromatic heterocycles. The minimum atomic E-state index is -0.196. The Hall–Kier alpha value is -2.09. The average molecular weight is 226 g/mol. The molecule has 86 valence electrons. The summed E-state index contributed by atoms with van der Waals surface area (Å²) in [4.78, 5) is 12.2. The number of rotatable bonds is 3. The van der Waals surface area contributed by atoms with E-state index in [2.05, 4.69) is 0 Å². The number of aromatic hydroxyl groups is 1. The molecule has 0 unspecified atom stereocenters. The third-order valence-corrected chi connectivity index (χ3v) is 2.84. The molecule has 0 aliphatic carbocycles. The van der Waals surface area contributed by atoms with Gasteiger partial charge in [0.1, 0.15) is 5.75 Å². The maximum absolute atomic E-state index is 12.2. The van der Waals surface area contributed by atoms with Gasteiger partial charge >= 0.3 is 0 Å². The molecule has 17 heavy (non-hydrogen) atoms. The topological polar surface area (TPSA) is 37.3 Å². The second-order valence-corrected chi connectivity index (χ2v) is 4.04. The van der Waals surface area contributed by atoms with E-state index in [-0.39, 0.29) is 17.5 Å². The first-order valence-electron chi connectivity index (χ1n) is 5.56. The molecular formula is C15H14O2. The summed E-state index contributed by atoms with van der Waals surface area (Å²) in [6.45, 7) is 1.88. The predicted molar refractivity (Wildman–Crippen MR) is 67.3 cm³/mol. The quantitative estimate of drug-likeness (QED) is 0.814. The largest absolute Gasteiger partial charge is 0.508 e. The SMILES string of the molecule is C[C@@H](C(=O)c1ccccc1)c1ccc(O)cc1.